The van der Waals surface area contributed by atoms with E-state index < -0.39 is 12.0 Å². The number of hydrogen-bond donors (Lipinski definition) is 3. The Morgan fingerprint density at radius 1 is 1.23 bits per heavy atom. The summed E-state index contributed by atoms with van der Waals surface area (Å²) in [5.41, 5.74) is 8.40. The number of ether oxygens (including phenoxy) is 1. The van der Waals surface area contributed by atoms with Gasteiger partial charge < -0.3 is 25.8 Å². The van der Waals surface area contributed by atoms with Crippen molar-refractivity contribution < 1.29 is 24.2 Å². The van der Waals surface area contributed by atoms with E-state index in [1.165, 1.54) is 4.90 Å². The Bertz CT molecular complexity index is 691. The molecule has 2 rings (SSSR count). The van der Waals surface area contributed by atoms with Crippen LogP contribution in [0.1, 0.15) is 37.3 Å². The number of carboxylic acid groups (broad SMARTS) is 1. The number of esters is 1. The molecular formula is C21H32ClN3O5. The van der Waals surface area contributed by atoms with E-state index in [0.717, 1.165) is 17.5 Å². The predicted octanol–water partition coefficient (Wildman–Crippen LogP) is 1.14. The lowest BCUT2D eigenvalue weighted by Crippen LogP contribution is -2.51. The molecule has 30 heavy (non-hydrogen) atoms. The van der Waals surface area contributed by atoms with Crippen LogP contribution in [0.25, 0.3) is 0 Å². The summed E-state index contributed by atoms with van der Waals surface area (Å²) in [5.74, 6) is -1.64. The second-order valence-corrected chi connectivity index (χ2v) is 7.27. The van der Waals surface area contributed by atoms with E-state index in [1.54, 1.807) is 6.92 Å². The molecule has 0 spiro atoms. The number of fused-ring (bicyclic) bond motifs is 1. The maximum Gasteiger partial charge on any atom is 0.323 e. The minimum Gasteiger partial charge on any atom is -0.480 e. The number of carboxylic acids is 1. The number of unbranched alkanes of at least 4 members (excludes halogenated alkanes) is 1. The van der Waals surface area contributed by atoms with Gasteiger partial charge in [-0.15, -0.1) is 12.4 Å². The molecule has 1 aliphatic rings. The highest BCUT2D eigenvalue weighted by atomic mass is 35.5. The molecule has 0 fully saturated rings. The molecule has 0 saturated carbocycles. The van der Waals surface area contributed by atoms with Gasteiger partial charge in [-0.25, -0.2) is 0 Å². The largest absolute Gasteiger partial charge is 0.480 e. The molecule has 8 nitrogen and oxygen atoms in total. The zero-order chi connectivity index (χ0) is 21.2. The first-order valence-corrected chi connectivity index (χ1v) is 10.1. The molecule has 0 aliphatic heterocycles. The number of nitrogens with one attached hydrogen (secondary N) is 1. The van der Waals surface area contributed by atoms with Gasteiger partial charge in [-0.1, -0.05) is 30.7 Å². The highest BCUT2D eigenvalue weighted by Gasteiger charge is 2.33. The van der Waals surface area contributed by atoms with Gasteiger partial charge in [-0.2, -0.15) is 0 Å². The number of rotatable bonds is 12. The Labute approximate surface area is 183 Å². The lowest BCUT2D eigenvalue weighted by Gasteiger charge is -2.30. The van der Waals surface area contributed by atoms with Crippen LogP contribution in [0.4, 0.5) is 0 Å². The fourth-order valence-corrected chi connectivity index (χ4v) is 3.64. The summed E-state index contributed by atoms with van der Waals surface area (Å²) in [6.45, 7) is 2.56. The molecule has 0 radical (unpaired) electrons. The average molecular weight is 442 g/mol. The number of carbonyl (C=O) groups is 3. The second kappa shape index (κ2) is 13.2. The Kier molecular flexibility index (Phi) is 11.4. The molecule has 0 unspecified atom stereocenters. The Balaban J connectivity index is 0.00000450. The summed E-state index contributed by atoms with van der Waals surface area (Å²) in [4.78, 5) is 36.8. The number of benzene rings is 1. The summed E-state index contributed by atoms with van der Waals surface area (Å²) in [6.07, 6.45) is 3.23. The first-order chi connectivity index (χ1) is 13.9. The van der Waals surface area contributed by atoms with Gasteiger partial charge in [0.05, 0.1) is 19.2 Å². The van der Waals surface area contributed by atoms with Crippen LogP contribution in [0.5, 0.6) is 0 Å². The predicted molar refractivity (Wildman–Crippen MR) is 116 cm³/mol. The number of amides is 1. The van der Waals surface area contributed by atoms with Crippen molar-refractivity contribution in [1.82, 2.24) is 10.2 Å². The molecular weight excluding hydrogens is 410 g/mol. The summed E-state index contributed by atoms with van der Waals surface area (Å²) < 4.78 is 4.83. The third kappa shape index (κ3) is 7.93. The topological polar surface area (TPSA) is 122 Å². The van der Waals surface area contributed by atoms with E-state index in [4.69, 9.17) is 10.5 Å². The first-order valence-electron chi connectivity index (χ1n) is 10.1. The Morgan fingerprint density at radius 3 is 2.43 bits per heavy atom. The van der Waals surface area contributed by atoms with E-state index in [2.05, 4.69) is 5.32 Å². The molecule has 1 aromatic carbocycles. The maximum atomic E-state index is 12.9. The van der Waals surface area contributed by atoms with Crippen molar-refractivity contribution in [2.45, 2.75) is 51.1 Å². The van der Waals surface area contributed by atoms with E-state index >= 15 is 0 Å². The molecule has 0 saturated heterocycles. The summed E-state index contributed by atoms with van der Waals surface area (Å²) in [7, 11) is 0. The maximum absolute atomic E-state index is 12.9. The molecule has 4 N–H and O–H groups in total. The summed E-state index contributed by atoms with van der Waals surface area (Å²) in [6, 6.07) is 7.03. The van der Waals surface area contributed by atoms with Crippen LogP contribution in [0, 0.1) is 0 Å². The monoisotopic (exact) mass is 441 g/mol. The van der Waals surface area contributed by atoms with Crippen molar-refractivity contribution in [3.8, 4) is 0 Å². The van der Waals surface area contributed by atoms with Crippen molar-refractivity contribution in [2.75, 3.05) is 26.2 Å². The molecule has 9 heteroatoms. The minimum absolute atomic E-state index is 0. The molecule has 1 atom stereocenters. The van der Waals surface area contributed by atoms with E-state index in [1.807, 2.05) is 24.3 Å². The number of aliphatic carboxylic acids is 1. The molecule has 0 bridgehead atoms. The zero-order valence-corrected chi connectivity index (χ0v) is 18.2. The van der Waals surface area contributed by atoms with Crippen LogP contribution in [0.3, 0.4) is 0 Å². The van der Waals surface area contributed by atoms with Crippen LogP contribution in [0.2, 0.25) is 0 Å². The fraction of sp³-hybridized carbons (Fsp3) is 0.571. The summed E-state index contributed by atoms with van der Waals surface area (Å²) >= 11 is 0. The van der Waals surface area contributed by atoms with Gasteiger partial charge in [0.1, 0.15) is 6.54 Å². The Hall–Kier alpha value is -2.16. The van der Waals surface area contributed by atoms with Crippen LogP contribution < -0.4 is 11.1 Å². The molecule has 0 heterocycles. The number of halogens is 1. The van der Waals surface area contributed by atoms with Crippen molar-refractivity contribution in [1.29, 1.82) is 0 Å². The summed E-state index contributed by atoms with van der Waals surface area (Å²) in [5, 5.41) is 12.3. The van der Waals surface area contributed by atoms with Gasteiger partial charge in [-0.05, 0) is 50.3 Å². The number of nitrogens with zero attached hydrogens (tertiary/aromatic N) is 1. The van der Waals surface area contributed by atoms with Gasteiger partial charge in [0, 0.05) is 6.04 Å². The van der Waals surface area contributed by atoms with Crippen molar-refractivity contribution in [3.63, 3.8) is 0 Å². The normalized spacial score (nSPS) is 13.8. The van der Waals surface area contributed by atoms with Gasteiger partial charge >= 0.3 is 11.9 Å². The number of nitrogens with two attached hydrogens (primary N) is 1. The van der Waals surface area contributed by atoms with Crippen molar-refractivity contribution in [2.24, 2.45) is 5.73 Å². The third-order valence-corrected chi connectivity index (χ3v) is 5.07. The van der Waals surface area contributed by atoms with Crippen LogP contribution in [0.15, 0.2) is 24.3 Å². The minimum atomic E-state index is -1.04. The molecule has 0 aromatic heterocycles. The molecule has 1 amide bonds. The fourth-order valence-electron chi connectivity index (χ4n) is 3.64. The quantitative estimate of drug-likeness (QED) is 0.328. The van der Waals surface area contributed by atoms with Gasteiger partial charge in [0.2, 0.25) is 5.91 Å². The zero-order valence-electron chi connectivity index (χ0n) is 17.3. The molecule has 1 aliphatic carbocycles. The SMILES string of the molecule is CCOC(=O)CNCCCC[C@H](N)C(=O)N(CC(=O)O)C1Cc2ccccc2C1.Cl. The highest BCUT2D eigenvalue weighted by Crippen LogP contribution is 2.26. The molecule has 168 valence electrons. The van der Waals surface area contributed by atoms with Crippen LogP contribution in [-0.2, 0) is 32.0 Å². The third-order valence-electron chi connectivity index (χ3n) is 5.07. The van der Waals surface area contributed by atoms with E-state index in [-0.39, 0.29) is 43.4 Å². The first kappa shape index (κ1) is 25.9. The van der Waals surface area contributed by atoms with E-state index in [0.29, 0.717) is 38.8 Å². The van der Waals surface area contributed by atoms with E-state index in [9.17, 15) is 19.5 Å². The standard InChI is InChI=1S/C21H31N3O5.ClH/c1-2-29-20(27)13-23-10-6-5-9-18(22)21(28)24(14-19(25)26)17-11-15-7-3-4-8-16(15)12-17;/h3-4,7-8,17-18,23H,2,5-6,9-14,22H2,1H3,(H,25,26);1H/t18-;/m0./s1. The van der Waals surface area contributed by atoms with Gasteiger partial charge in [-0.3, -0.25) is 14.4 Å². The van der Waals surface area contributed by atoms with Gasteiger partial charge in [0.25, 0.3) is 0 Å². The average Bonchev–Trinajstić information content (AvgIpc) is 3.12. The van der Waals surface area contributed by atoms with Crippen molar-refractivity contribution in [3.05, 3.63) is 35.4 Å². The second-order valence-electron chi connectivity index (χ2n) is 7.27. The smallest absolute Gasteiger partial charge is 0.323 e. The number of hydrogen-bond acceptors (Lipinski definition) is 6. The highest BCUT2D eigenvalue weighted by molar-refractivity contribution is 5.86. The Morgan fingerprint density at radius 2 is 1.87 bits per heavy atom. The van der Waals surface area contributed by atoms with Gasteiger partial charge in [0.15, 0.2) is 0 Å². The molecule has 1 aromatic rings. The van der Waals surface area contributed by atoms with Crippen LogP contribution in [-0.4, -0.2) is 66.2 Å². The van der Waals surface area contributed by atoms with Crippen molar-refractivity contribution >= 4 is 30.3 Å². The lowest BCUT2D eigenvalue weighted by atomic mass is 10.1. The number of carbonyl (C=O) groups excluding carboxylic acids is 2. The lowest BCUT2D eigenvalue weighted by molar-refractivity contribution is -0.146. The van der Waals surface area contributed by atoms with Crippen LogP contribution >= 0.6 is 12.4 Å².